The topological polar surface area (TPSA) is 50.8 Å². The molecule has 0 aromatic heterocycles. The second kappa shape index (κ2) is 4.25. The average molecular weight is 246 g/mol. The van der Waals surface area contributed by atoms with Gasteiger partial charge >= 0.3 is 6.09 Å². The lowest BCUT2D eigenvalue weighted by atomic mass is 9.97. The Hall–Kier alpha value is -2.17. The highest BCUT2D eigenvalue weighted by Crippen LogP contribution is 2.36. The second-order valence-corrected chi connectivity index (χ2v) is 4.12. The van der Waals surface area contributed by atoms with Crippen LogP contribution in [0.3, 0.4) is 0 Å². The van der Waals surface area contributed by atoms with Crippen molar-refractivity contribution in [3.63, 3.8) is 0 Å². The largest absolute Gasteiger partial charge is 0.490 e. The Labute approximate surface area is 105 Å². The number of carbonyl (C=O) groups excluding carboxylic acids is 1. The lowest BCUT2D eigenvalue weighted by Crippen LogP contribution is -2.47. The monoisotopic (exact) mass is 246 g/mol. The van der Waals surface area contributed by atoms with E-state index < -0.39 is 0 Å². The summed E-state index contributed by atoms with van der Waals surface area (Å²) in [7, 11) is 0. The maximum absolute atomic E-state index is 11.8. The zero-order valence-corrected chi connectivity index (χ0v) is 10.1. The summed E-state index contributed by atoms with van der Waals surface area (Å²) in [4.78, 5) is 11.8. The normalized spacial score (nSPS) is 20.2. The van der Waals surface area contributed by atoms with E-state index in [1.807, 2.05) is 30.5 Å². The van der Waals surface area contributed by atoms with Crippen molar-refractivity contribution >= 4 is 11.7 Å². The van der Waals surface area contributed by atoms with Gasteiger partial charge in [-0.15, -0.1) is 0 Å². The summed E-state index contributed by atoms with van der Waals surface area (Å²) in [6.45, 7) is 2.58. The standard InChI is InChI=1S/C13H14N2O3/c1-2-17-13(16)15-11-8-18-12-6-4-3-5-9(12)10(11)7-14-15/h3-7,11,14H,2,8H2,1H3. The lowest BCUT2D eigenvalue weighted by molar-refractivity contribution is 0.0776. The van der Waals surface area contributed by atoms with Gasteiger partial charge in [-0.2, -0.15) is 0 Å². The van der Waals surface area contributed by atoms with Gasteiger partial charge in [0.1, 0.15) is 18.4 Å². The van der Waals surface area contributed by atoms with E-state index in [2.05, 4.69) is 5.43 Å². The first-order valence-electron chi connectivity index (χ1n) is 5.95. The summed E-state index contributed by atoms with van der Waals surface area (Å²) < 4.78 is 10.7. The Morgan fingerprint density at radius 3 is 3.22 bits per heavy atom. The van der Waals surface area contributed by atoms with Gasteiger partial charge in [0, 0.05) is 17.3 Å². The number of hydrazine groups is 1. The first kappa shape index (κ1) is 11.0. The molecule has 1 amide bonds. The number of nitrogens with one attached hydrogen (secondary N) is 1. The minimum Gasteiger partial charge on any atom is -0.490 e. The molecule has 1 aromatic carbocycles. The minimum absolute atomic E-state index is 0.126. The Balaban J connectivity index is 1.87. The fourth-order valence-corrected chi connectivity index (χ4v) is 2.26. The highest BCUT2D eigenvalue weighted by Gasteiger charge is 2.37. The number of para-hydroxylation sites is 1. The fraction of sp³-hybridized carbons (Fsp3) is 0.308. The van der Waals surface area contributed by atoms with Crippen LogP contribution in [-0.2, 0) is 4.74 Å². The van der Waals surface area contributed by atoms with Crippen LogP contribution in [-0.4, -0.2) is 30.4 Å². The number of benzene rings is 1. The molecule has 0 saturated carbocycles. The van der Waals surface area contributed by atoms with E-state index in [0.29, 0.717) is 13.2 Å². The molecule has 0 radical (unpaired) electrons. The zero-order chi connectivity index (χ0) is 12.5. The Bertz CT molecular complexity index is 513. The minimum atomic E-state index is -0.378. The molecule has 0 fully saturated rings. The third-order valence-corrected chi connectivity index (χ3v) is 3.09. The van der Waals surface area contributed by atoms with Crippen LogP contribution in [0.1, 0.15) is 12.5 Å². The smallest absolute Gasteiger partial charge is 0.429 e. The van der Waals surface area contributed by atoms with Gasteiger partial charge < -0.3 is 9.47 Å². The molecule has 2 aliphatic heterocycles. The summed E-state index contributed by atoms with van der Waals surface area (Å²) in [5.74, 6) is 0.854. The molecule has 18 heavy (non-hydrogen) atoms. The number of ether oxygens (including phenoxy) is 2. The number of carbonyl (C=O) groups is 1. The molecule has 0 bridgehead atoms. The first-order chi connectivity index (χ1) is 8.81. The molecule has 0 spiro atoms. The van der Waals surface area contributed by atoms with E-state index >= 15 is 0 Å². The number of hydrogen-bond donors (Lipinski definition) is 1. The lowest BCUT2D eigenvalue weighted by Gasteiger charge is -2.29. The predicted octanol–water partition coefficient (Wildman–Crippen LogP) is 1.77. The summed E-state index contributed by atoms with van der Waals surface area (Å²) in [6.07, 6.45) is 1.46. The van der Waals surface area contributed by atoms with Crippen LogP contribution < -0.4 is 10.2 Å². The van der Waals surface area contributed by atoms with Crippen molar-refractivity contribution in [1.29, 1.82) is 0 Å². The Kier molecular flexibility index (Phi) is 2.59. The van der Waals surface area contributed by atoms with Crippen LogP contribution in [0.4, 0.5) is 4.79 Å². The quantitative estimate of drug-likeness (QED) is 0.820. The predicted molar refractivity (Wildman–Crippen MR) is 65.7 cm³/mol. The van der Waals surface area contributed by atoms with Crippen LogP contribution in [0, 0.1) is 0 Å². The molecule has 94 valence electrons. The second-order valence-electron chi connectivity index (χ2n) is 4.12. The fourth-order valence-electron chi connectivity index (χ4n) is 2.26. The van der Waals surface area contributed by atoms with Crippen molar-refractivity contribution in [2.75, 3.05) is 13.2 Å². The molecule has 2 heterocycles. The first-order valence-corrected chi connectivity index (χ1v) is 5.95. The van der Waals surface area contributed by atoms with E-state index in [1.165, 1.54) is 5.01 Å². The average Bonchev–Trinajstić information content (AvgIpc) is 2.83. The SMILES string of the molecule is CCOC(=O)N1NC=C2c3ccccc3OCC21. The van der Waals surface area contributed by atoms with Crippen LogP contribution >= 0.6 is 0 Å². The summed E-state index contributed by atoms with van der Waals surface area (Å²) in [6, 6.07) is 7.69. The van der Waals surface area contributed by atoms with Crippen LogP contribution in [0.5, 0.6) is 5.75 Å². The molecule has 0 saturated heterocycles. The van der Waals surface area contributed by atoms with Crippen molar-refractivity contribution in [3.8, 4) is 5.75 Å². The number of nitrogens with zero attached hydrogens (tertiary/aromatic N) is 1. The molecule has 1 aromatic rings. The van der Waals surface area contributed by atoms with Gasteiger partial charge in [-0.05, 0) is 13.0 Å². The van der Waals surface area contributed by atoms with Crippen molar-refractivity contribution < 1.29 is 14.3 Å². The van der Waals surface area contributed by atoms with Crippen LogP contribution in [0.15, 0.2) is 30.5 Å². The molecule has 5 nitrogen and oxygen atoms in total. The number of fused-ring (bicyclic) bond motifs is 3. The van der Waals surface area contributed by atoms with Gasteiger partial charge in [0.2, 0.25) is 0 Å². The van der Waals surface area contributed by atoms with E-state index in [4.69, 9.17) is 9.47 Å². The molecule has 2 aliphatic rings. The van der Waals surface area contributed by atoms with Crippen molar-refractivity contribution in [2.45, 2.75) is 13.0 Å². The third-order valence-electron chi connectivity index (χ3n) is 3.09. The van der Waals surface area contributed by atoms with Crippen molar-refractivity contribution in [3.05, 3.63) is 36.0 Å². The summed E-state index contributed by atoms with van der Waals surface area (Å²) in [5.41, 5.74) is 5.02. The van der Waals surface area contributed by atoms with E-state index in [-0.39, 0.29) is 12.1 Å². The van der Waals surface area contributed by atoms with Crippen molar-refractivity contribution in [1.82, 2.24) is 10.4 Å². The van der Waals surface area contributed by atoms with Crippen LogP contribution in [0.2, 0.25) is 0 Å². The van der Waals surface area contributed by atoms with Gasteiger partial charge in [-0.3, -0.25) is 5.43 Å². The summed E-state index contributed by atoms with van der Waals surface area (Å²) >= 11 is 0. The maximum Gasteiger partial charge on any atom is 0.429 e. The third kappa shape index (κ3) is 1.59. The van der Waals surface area contributed by atoms with Gasteiger partial charge in [-0.25, -0.2) is 9.80 Å². The maximum atomic E-state index is 11.8. The Morgan fingerprint density at radius 1 is 1.56 bits per heavy atom. The van der Waals surface area contributed by atoms with E-state index in [1.54, 1.807) is 6.92 Å². The highest BCUT2D eigenvalue weighted by molar-refractivity contribution is 5.81. The number of rotatable bonds is 1. The molecule has 5 heteroatoms. The zero-order valence-electron chi connectivity index (χ0n) is 10.1. The van der Waals surface area contributed by atoms with Crippen LogP contribution in [0.25, 0.3) is 5.57 Å². The molecular formula is C13H14N2O3. The molecule has 3 rings (SSSR count). The van der Waals surface area contributed by atoms with E-state index in [0.717, 1.165) is 16.9 Å². The number of hydrogen-bond acceptors (Lipinski definition) is 4. The van der Waals surface area contributed by atoms with Crippen molar-refractivity contribution in [2.24, 2.45) is 0 Å². The van der Waals surface area contributed by atoms with Gasteiger partial charge in [0.25, 0.3) is 0 Å². The highest BCUT2D eigenvalue weighted by atomic mass is 16.6. The Morgan fingerprint density at radius 2 is 2.39 bits per heavy atom. The van der Waals surface area contributed by atoms with Gasteiger partial charge in [0.15, 0.2) is 0 Å². The van der Waals surface area contributed by atoms with Gasteiger partial charge in [-0.1, -0.05) is 18.2 Å². The molecule has 1 unspecified atom stereocenters. The molecule has 0 aliphatic carbocycles. The molecule has 1 N–H and O–H groups in total. The number of amides is 1. The molecular weight excluding hydrogens is 232 g/mol. The summed E-state index contributed by atoms with van der Waals surface area (Å²) in [5, 5.41) is 1.47. The molecule has 1 atom stereocenters. The van der Waals surface area contributed by atoms with E-state index in [9.17, 15) is 4.79 Å². The van der Waals surface area contributed by atoms with Gasteiger partial charge in [0.05, 0.1) is 6.61 Å².